The molecule has 0 aliphatic heterocycles. The van der Waals surface area contributed by atoms with Crippen LogP contribution in [0.3, 0.4) is 0 Å². The van der Waals surface area contributed by atoms with Crippen molar-refractivity contribution in [2.75, 3.05) is 5.73 Å². The fourth-order valence-corrected chi connectivity index (χ4v) is 2.07. The molecule has 2 heterocycles. The molecule has 3 rings (SSSR count). The summed E-state index contributed by atoms with van der Waals surface area (Å²) in [5, 5.41) is 0.450. The topological polar surface area (TPSA) is 64.7 Å². The summed E-state index contributed by atoms with van der Waals surface area (Å²) in [6.07, 6.45) is 3.40. The average Bonchev–Trinajstić information content (AvgIpc) is 2.49. The Kier molecular flexibility index (Phi) is 3.31. The molecule has 0 saturated carbocycles. The molecule has 0 saturated heterocycles. The minimum atomic E-state index is 0.245. The zero-order valence-corrected chi connectivity index (χ0v) is 11.2. The van der Waals surface area contributed by atoms with Crippen molar-refractivity contribution >= 4 is 17.5 Å². The molecule has 1 aromatic carbocycles. The summed E-state index contributed by atoms with van der Waals surface area (Å²) in [4.78, 5) is 12.5. The first-order chi connectivity index (χ1) is 9.74. The Morgan fingerprint density at radius 1 is 0.850 bits per heavy atom. The summed E-state index contributed by atoms with van der Waals surface area (Å²) in [6, 6.07) is 13.5. The zero-order valence-electron chi connectivity index (χ0n) is 10.5. The number of nitrogens with two attached hydrogens (primary N) is 1. The molecule has 4 nitrogen and oxygen atoms in total. The van der Waals surface area contributed by atoms with Crippen LogP contribution in [0.25, 0.3) is 22.4 Å². The maximum atomic E-state index is 5.82. The van der Waals surface area contributed by atoms with Gasteiger partial charge < -0.3 is 5.73 Å². The molecule has 20 heavy (non-hydrogen) atoms. The molecular weight excluding hydrogens is 272 g/mol. The molecule has 98 valence electrons. The van der Waals surface area contributed by atoms with Gasteiger partial charge in [-0.2, -0.15) is 0 Å². The van der Waals surface area contributed by atoms with Crippen LogP contribution in [0.1, 0.15) is 0 Å². The SMILES string of the molecule is Nc1ncc(-c2ccc(Cl)nc2)c(-c2ccccc2)n1. The van der Waals surface area contributed by atoms with Gasteiger partial charge in [0, 0.05) is 29.1 Å². The lowest BCUT2D eigenvalue weighted by atomic mass is 10.0. The van der Waals surface area contributed by atoms with Crippen LogP contribution in [0.2, 0.25) is 5.15 Å². The Balaban J connectivity index is 2.19. The highest BCUT2D eigenvalue weighted by Crippen LogP contribution is 2.30. The lowest BCUT2D eigenvalue weighted by molar-refractivity contribution is 1.19. The average molecular weight is 283 g/mol. The number of anilines is 1. The smallest absolute Gasteiger partial charge is 0.220 e. The first kappa shape index (κ1) is 12.6. The van der Waals surface area contributed by atoms with Gasteiger partial charge in [0.05, 0.1) is 5.69 Å². The van der Waals surface area contributed by atoms with E-state index in [1.54, 1.807) is 18.5 Å². The zero-order chi connectivity index (χ0) is 13.9. The number of hydrogen-bond acceptors (Lipinski definition) is 4. The first-order valence-electron chi connectivity index (χ1n) is 6.04. The van der Waals surface area contributed by atoms with Crippen LogP contribution in [0.5, 0.6) is 0 Å². The Hall–Kier alpha value is -2.46. The predicted octanol–water partition coefficient (Wildman–Crippen LogP) is 3.44. The summed E-state index contributed by atoms with van der Waals surface area (Å²) in [7, 11) is 0. The van der Waals surface area contributed by atoms with Crippen molar-refractivity contribution in [2.24, 2.45) is 0 Å². The van der Waals surface area contributed by atoms with Gasteiger partial charge in [0.2, 0.25) is 5.95 Å². The van der Waals surface area contributed by atoms with Gasteiger partial charge in [-0.15, -0.1) is 0 Å². The maximum absolute atomic E-state index is 5.82. The summed E-state index contributed by atoms with van der Waals surface area (Å²) in [5.74, 6) is 0.245. The van der Waals surface area contributed by atoms with Gasteiger partial charge in [-0.05, 0) is 12.1 Å². The van der Waals surface area contributed by atoms with E-state index in [1.807, 2.05) is 36.4 Å². The number of hydrogen-bond donors (Lipinski definition) is 1. The second kappa shape index (κ2) is 5.27. The molecule has 0 aliphatic carbocycles. The van der Waals surface area contributed by atoms with Gasteiger partial charge in [0.25, 0.3) is 0 Å². The largest absolute Gasteiger partial charge is 0.368 e. The molecule has 0 fully saturated rings. The third-order valence-corrected chi connectivity index (χ3v) is 3.12. The molecule has 0 radical (unpaired) electrons. The van der Waals surface area contributed by atoms with Crippen LogP contribution in [-0.2, 0) is 0 Å². The fraction of sp³-hybridized carbons (Fsp3) is 0. The van der Waals surface area contributed by atoms with Crippen LogP contribution >= 0.6 is 11.6 Å². The van der Waals surface area contributed by atoms with Crippen molar-refractivity contribution in [1.29, 1.82) is 0 Å². The number of aromatic nitrogens is 3. The Morgan fingerprint density at radius 3 is 2.35 bits per heavy atom. The van der Waals surface area contributed by atoms with Gasteiger partial charge in [-0.25, -0.2) is 15.0 Å². The van der Waals surface area contributed by atoms with Crippen molar-refractivity contribution < 1.29 is 0 Å². The van der Waals surface area contributed by atoms with E-state index in [9.17, 15) is 0 Å². The van der Waals surface area contributed by atoms with Crippen molar-refractivity contribution in [2.45, 2.75) is 0 Å². The third kappa shape index (κ3) is 2.46. The molecule has 3 aromatic rings. The monoisotopic (exact) mass is 282 g/mol. The number of pyridine rings is 1. The van der Waals surface area contributed by atoms with Crippen LogP contribution in [0.15, 0.2) is 54.9 Å². The minimum Gasteiger partial charge on any atom is -0.368 e. The first-order valence-corrected chi connectivity index (χ1v) is 6.42. The quantitative estimate of drug-likeness (QED) is 0.731. The molecule has 2 N–H and O–H groups in total. The van der Waals surface area contributed by atoms with Gasteiger partial charge in [-0.3, -0.25) is 0 Å². The predicted molar refractivity (Wildman–Crippen MR) is 80.1 cm³/mol. The van der Waals surface area contributed by atoms with E-state index in [1.165, 1.54) is 0 Å². The van der Waals surface area contributed by atoms with E-state index in [0.717, 1.165) is 22.4 Å². The highest BCUT2D eigenvalue weighted by molar-refractivity contribution is 6.29. The van der Waals surface area contributed by atoms with Crippen molar-refractivity contribution in [3.8, 4) is 22.4 Å². The molecular formula is C15H11ClN4. The number of rotatable bonds is 2. The molecule has 0 bridgehead atoms. The van der Waals surface area contributed by atoms with E-state index in [0.29, 0.717) is 5.15 Å². The Morgan fingerprint density at radius 2 is 1.65 bits per heavy atom. The van der Waals surface area contributed by atoms with Crippen LogP contribution in [0, 0.1) is 0 Å². The number of benzene rings is 1. The summed E-state index contributed by atoms with van der Waals surface area (Å²) < 4.78 is 0. The summed E-state index contributed by atoms with van der Waals surface area (Å²) in [5.41, 5.74) is 9.23. The lowest BCUT2D eigenvalue weighted by Crippen LogP contribution is -1.98. The lowest BCUT2D eigenvalue weighted by Gasteiger charge is -2.09. The second-order valence-corrected chi connectivity index (χ2v) is 4.61. The fourth-order valence-electron chi connectivity index (χ4n) is 1.96. The number of halogens is 1. The highest BCUT2D eigenvalue weighted by Gasteiger charge is 2.10. The van der Waals surface area contributed by atoms with Crippen LogP contribution in [0.4, 0.5) is 5.95 Å². The molecule has 2 aromatic heterocycles. The van der Waals surface area contributed by atoms with E-state index in [-0.39, 0.29) is 5.95 Å². The molecule has 0 aliphatic rings. The Labute approximate surface area is 121 Å². The van der Waals surface area contributed by atoms with Gasteiger partial charge >= 0.3 is 0 Å². The minimum absolute atomic E-state index is 0.245. The molecule has 0 atom stereocenters. The Bertz CT molecular complexity index is 727. The van der Waals surface area contributed by atoms with E-state index in [4.69, 9.17) is 17.3 Å². The van der Waals surface area contributed by atoms with Crippen molar-refractivity contribution in [3.05, 3.63) is 60.0 Å². The van der Waals surface area contributed by atoms with Gasteiger partial charge in [0.15, 0.2) is 0 Å². The molecule has 0 spiro atoms. The number of nitrogens with zero attached hydrogens (tertiary/aromatic N) is 3. The standard InChI is InChI=1S/C15H11ClN4/c16-13-7-6-11(8-18-13)12-9-19-15(17)20-14(12)10-4-2-1-3-5-10/h1-9H,(H2,17,19,20). The van der Waals surface area contributed by atoms with E-state index in [2.05, 4.69) is 15.0 Å². The summed E-state index contributed by atoms with van der Waals surface area (Å²) in [6.45, 7) is 0. The molecule has 5 heteroatoms. The third-order valence-electron chi connectivity index (χ3n) is 2.89. The van der Waals surface area contributed by atoms with Crippen LogP contribution in [-0.4, -0.2) is 15.0 Å². The van der Waals surface area contributed by atoms with Crippen LogP contribution < -0.4 is 5.73 Å². The summed E-state index contributed by atoms with van der Waals surface area (Å²) >= 11 is 5.82. The second-order valence-electron chi connectivity index (χ2n) is 4.23. The normalized spacial score (nSPS) is 10.4. The van der Waals surface area contributed by atoms with Crippen molar-refractivity contribution in [1.82, 2.24) is 15.0 Å². The van der Waals surface area contributed by atoms with E-state index < -0.39 is 0 Å². The van der Waals surface area contributed by atoms with E-state index >= 15 is 0 Å². The van der Waals surface area contributed by atoms with Gasteiger partial charge in [0.1, 0.15) is 5.15 Å². The molecule has 0 unspecified atom stereocenters. The van der Waals surface area contributed by atoms with Gasteiger partial charge in [-0.1, -0.05) is 41.9 Å². The highest BCUT2D eigenvalue weighted by atomic mass is 35.5. The van der Waals surface area contributed by atoms with Crippen molar-refractivity contribution in [3.63, 3.8) is 0 Å². The maximum Gasteiger partial charge on any atom is 0.220 e. The molecule has 0 amide bonds. The number of nitrogen functional groups attached to an aromatic ring is 1.